The minimum absolute atomic E-state index is 0.257. The number of esters is 1. The number of benzene rings is 1. The van der Waals surface area contributed by atoms with Gasteiger partial charge in [0.1, 0.15) is 6.61 Å². The van der Waals surface area contributed by atoms with Crippen LogP contribution in [0.4, 0.5) is 0 Å². The third kappa shape index (κ3) is 4.56. The maximum absolute atomic E-state index is 11.6. The summed E-state index contributed by atoms with van der Waals surface area (Å²) < 4.78 is 12.2. The van der Waals surface area contributed by atoms with Crippen molar-refractivity contribution in [3.05, 3.63) is 54.4 Å². The number of carbonyl (C=O) groups excluding carboxylic acids is 1. The monoisotopic (exact) mass is 260 g/mol. The van der Waals surface area contributed by atoms with Crippen molar-refractivity contribution in [2.75, 3.05) is 19.8 Å². The first-order valence-corrected chi connectivity index (χ1v) is 6.13. The van der Waals surface area contributed by atoms with Crippen molar-refractivity contribution >= 4 is 5.97 Å². The Balaban J connectivity index is 1.56. The second kappa shape index (κ2) is 7.33. The fourth-order valence-corrected chi connectivity index (χ4v) is 1.54. The van der Waals surface area contributed by atoms with Gasteiger partial charge in [0.2, 0.25) is 0 Å². The fourth-order valence-electron chi connectivity index (χ4n) is 1.54. The third-order valence-corrected chi connectivity index (χ3v) is 2.49. The molecule has 100 valence electrons. The topological polar surface area (TPSA) is 53.4 Å². The van der Waals surface area contributed by atoms with E-state index >= 15 is 0 Å². The van der Waals surface area contributed by atoms with Crippen LogP contribution in [0.5, 0.6) is 0 Å². The summed E-state index contributed by atoms with van der Waals surface area (Å²) in [6.45, 7) is 1.89. The summed E-state index contributed by atoms with van der Waals surface area (Å²) in [7, 11) is 0. The summed E-state index contributed by atoms with van der Waals surface area (Å²) in [5.41, 5.74) is 0.555. The molecule has 5 nitrogen and oxygen atoms in total. The van der Waals surface area contributed by atoms with Gasteiger partial charge in [0, 0.05) is 12.4 Å². The highest BCUT2D eigenvalue weighted by Crippen LogP contribution is 2.00. The average Bonchev–Trinajstić information content (AvgIpc) is 2.96. The number of nitrogens with zero attached hydrogens (tertiary/aromatic N) is 2. The van der Waals surface area contributed by atoms with Crippen LogP contribution >= 0.6 is 0 Å². The molecule has 0 amide bonds. The van der Waals surface area contributed by atoms with Crippen LogP contribution in [-0.2, 0) is 16.0 Å². The first-order chi connectivity index (χ1) is 9.36. The van der Waals surface area contributed by atoms with Crippen molar-refractivity contribution in [1.29, 1.82) is 0 Å². The van der Waals surface area contributed by atoms with Crippen molar-refractivity contribution in [2.45, 2.75) is 6.54 Å². The average molecular weight is 260 g/mol. The zero-order valence-corrected chi connectivity index (χ0v) is 10.6. The molecule has 0 unspecified atom stereocenters. The lowest BCUT2D eigenvalue weighted by molar-refractivity contribution is 0.0303. The van der Waals surface area contributed by atoms with Crippen molar-refractivity contribution < 1.29 is 14.3 Å². The Labute approximate surface area is 111 Å². The van der Waals surface area contributed by atoms with Crippen LogP contribution in [0, 0.1) is 0 Å². The quantitative estimate of drug-likeness (QED) is 0.562. The molecule has 0 N–H and O–H groups in total. The summed E-state index contributed by atoms with van der Waals surface area (Å²) in [6, 6.07) is 10.8. The predicted octanol–water partition coefficient (Wildman–Crippen LogP) is 1.76. The molecule has 0 aliphatic carbocycles. The molecule has 1 heterocycles. The van der Waals surface area contributed by atoms with Crippen LogP contribution in [0.2, 0.25) is 0 Å². The van der Waals surface area contributed by atoms with E-state index in [0.717, 1.165) is 0 Å². The standard InChI is InChI=1S/C14H16N2O3/c17-14(13-5-2-1-3-6-13)19-12-11-18-10-9-16-8-4-7-15-16/h1-8H,9-12H2. The summed E-state index contributed by atoms with van der Waals surface area (Å²) in [5, 5.41) is 4.05. The Bertz CT molecular complexity index is 483. The third-order valence-electron chi connectivity index (χ3n) is 2.49. The van der Waals surface area contributed by atoms with E-state index in [9.17, 15) is 4.79 Å². The minimum atomic E-state index is -0.323. The lowest BCUT2D eigenvalue weighted by Gasteiger charge is -2.06. The van der Waals surface area contributed by atoms with Crippen LogP contribution in [0.3, 0.4) is 0 Å². The number of rotatable bonds is 7. The molecule has 1 aromatic heterocycles. The van der Waals surface area contributed by atoms with E-state index in [4.69, 9.17) is 9.47 Å². The maximum atomic E-state index is 11.6. The molecule has 2 rings (SSSR count). The van der Waals surface area contributed by atoms with Crippen molar-refractivity contribution in [3.8, 4) is 0 Å². The van der Waals surface area contributed by atoms with Gasteiger partial charge in [-0.2, -0.15) is 5.10 Å². The zero-order valence-electron chi connectivity index (χ0n) is 10.6. The van der Waals surface area contributed by atoms with Gasteiger partial charge in [-0.05, 0) is 18.2 Å². The molecule has 5 heteroatoms. The molecule has 0 saturated heterocycles. The molecule has 0 atom stereocenters. The normalized spacial score (nSPS) is 10.3. The lowest BCUT2D eigenvalue weighted by atomic mass is 10.2. The minimum Gasteiger partial charge on any atom is -0.460 e. The lowest BCUT2D eigenvalue weighted by Crippen LogP contribution is -2.13. The number of hydrogen-bond donors (Lipinski definition) is 0. The molecule has 0 saturated carbocycles. The van der Waals surface area contributed by atoms with Gasteiger partial charge < -0.3 is 9.47 Å². The van der Waals surface area contributed by atoms with E-state index in [1.54, 1.807) is 35.1 Å². The highest BCUT2D eigenvalue weighted by Gasteiger charge is 2.04. The molecular weight excluding hydrogens is 244 g/mol. The zero-order chi connectivity index (χ0) is 13.3. The molecule has 0 fully saturated rings. The van der Waals surface area contributed by atoms with Gasteiger partial charge in [0.25, 0.3) is 0 Å². The van der Waals surface area contributed by atoms with Crippen molar-refractivity contribution in [3.63, 3.8) is 0 Å². The van der Waals surface area contributed by atoms with Gasteiger partial charge in [-0.25, -0.2) is 4.79 Å². The van der Waals surface area contributed by atoms with Crippen molar-refractivity contribution in [1.82, 2.24) is 9.78 Å². The molecule has 0 aliphatic rings. The van der Waals surface area contributed by atoms with E-state index in [-0.39, 0.29) is 12.6 Å². The number of aromatic nitrogens is 2. The second-order valence-corrected chi connectivity index (χ2v) is 3.88. The number of hydrogen-bond acceptors (Lipinski definition) is 4. The SMILES string of the molecule is O=C(OCCOCCn1cccn1)c1ccccc1. The highest BCUT2D eigenvalue weighted by molar-refractivity contribution is 5.89. The second-order valence-electron chi connectivity index (χ2n) is 3.88. The molecular formula is C14H16N2O3. The van der Waals surface area contributed by atoms with E-state index in [1.807, 2.05) is 18.3 Å². The smallest absolute Gasteiger partial charge is 0.338 e. The van der Waals surface area contributed by atoms with Gasteiger partial charge in [0.15, 0.2) is 0 Å². The van der Waals surface area contributed by atoms with Crippen LogP contribution < -0.4 is 0 Å². The van der Waals surface area contributed by atoms with E-state index in [0.29, 0.717) is 25.3 Å². The van der Waals surface area contributed by atoms with E-state index in [2.05, 4.69) is 5.10 Å². The van der Waals surface area contributed by atoms with Crippen LogP contribution in [-0.4, -0.2) is 35.6 Å². The Hall–Kier alpha value is -2.14. The fraction of sp³-hybridized carbons (Fsp3) is 0.286. The summed E-state index contributed by atoms with van der Waals surface area (Å²) in [4.78, 5) is 11.6. The molecule has 1 aromatic carbocycles. The molecule has 0 bridgehead atoms. The van der Waals surface area contributed by atoms with Crippen LogP contribution in [0.1, 0.15) is 10.4 Å². The maximum Gasteiger partial charge on any atom is 0.338 e. The van der Waals surface area contributed by atoms with Gasteiger partial charge in [-0.3, -0.25) is 4.68 Å². The van der Waals surface area contributed by atoms with Crippen LogP contribution in [0.25, 0.3) is 0 Å². The van der Waals surface area contributed by atoms with Crippen molar-refractivity contribution in [2.24, 2.45) is 0 Å². The van der Waals surface area contributed by atoms with Crippen LogP contribution in [0.15, 0.2) is 48.8 Å². The molecule has 19 heavy (non-hydrogen) atoms. The molecule has 0 spiro atoms. The first-order valence-electron chi connectivity index (χ1n) is 6.13. The Morgan fingerprint density at radius 2 is 1.95 bits per heavy atom. The van der Waals surface area contributed by atoms with E-state index < -0.39 is 0 Å². The van der Waals surface area contributed by atoms with Gasteiger partial charge >= 0.3 is 5.97 Å². The Morgan fingerprint density at radius 3 is 2.68 bits per heavy atom. The van der Waals surface area contributed by atoms with Gasteiger partial charge in [0.05, 0.1) is 25.3 Å². The summed E-state index contributed by atoms with van der Waals surface area (Å²) in [5.74, 6) is -0.323. The Morgan fingerprint density at radius 1 is 1.11 bits per heavy atom. The predicted molar refractivity (Wildman–Crippen MR) is 69.8 cm³/mol. The molecule has 0 radical (unpaired) electrons. The molecule has 2 aromatic rings. The van der Waals surface area contributed by atoms with Gasteiger partial charge in [-0.15, -0.1) is 0 Å². The Kier molecular flexibility index (Phi) is 5.13. The molecule has 0 aliphatic heterocycles. The first kappa shape index (κ1) is 13.3. The number of ether oxygens (including phenoxy) is 2. The summed E-state index contributed by atoms with van der Waals surface area (Å²) in [6.07, 6.45) is 3.60. The highest BCUT2D eigenvalue weighted by atomic mass is 16.6. The largest absolute Gasteiger partial charge is 0.460 e. The summed E-state index contributed by atoms with van der Waals surface area (Å²) >= 11 is 0. The number of carbonyl (C=O) groups is 1. The van der Waals surface area contributed by atoms with E-state index in [1.165, 1.54) is 0 Å². The van der Waals surface area contributed by atoms with Gasteiger partial charge in [-0.1, -0.05) is 18.2 Å².